The Balaban J connectivity index is 3.08. The van der Waals surface area contributed by atoms with Crippen LogP contribution in [0.25, 0.3) is 0 Å². The van der Waals surface area contributed by atoms with E-state index < -0.39 is 24.5 Å². The monoisotopic (exact) mass is 180 g/mol. The van der Waals surface area contributed by atoms with Gasteiger partial charge in [-0.05, 0) is 6.07 Å². The maximum absolute atomic E-state index is 12.0. The Kier molecular flexibility index (Phi) is 2.16. The van der Waals surface area contributed by atoms with Crippen LogP contribution in [0.4, 0.5) is 13.2 Å². The second-order valence-electron chi connectivity index (χ2n) is 2.07. The Morgan fingerprint density at radius 2 is 1.92 bits per heavy atom. The molecule has 0 aliphatic carbocycles. The third-order valence-electron chi connectivity index (χ3n) is 1.24. The lowest BCUT2D eigenvalue weighted by molar-refractivity contribution is -0.137. The van der Waals surface area contributed by atoms with E-state index in [-0.39, 0.29) is 0 Å². The highest BCUT2D eigenvalue weighted by Gasteiger charge is 2.38. The maximum atomic E-state index is 12.0. The summed E-state index contributed by atoms with van der Waals surface area (Å²) >= 11 is 0. The van der Waals surface area contributed by atoms with Gasteiger partial charge in [-0.2, -0.15) is 13.2 Å². The summed E-state index contributed by atoms with van der Waals surface area (Å²) in [6, 6.07) is 0.634. The van der Waals surface area contributed by atoms with Crippen molar-refractivity contribution in [2.75, 3.05) is 0 Å². The summed E-state index contributed by atoms with van der Waals surface area (Å²) in [5, 5.41) is 16.8. The molecule has 66 valence electrons. The highest BCUT2D eigenvalue weighted by molar-refractivity contribution is 6.57. The SMILES string of the molecule is OB(O)c1occc1C(F)(F)F. The van der Waals surface area contributed by atoms with E-state index >= 15 is 0 Å². The molecule has 3 nitrogen and oxygen atoms in total. The third-order valence-corrected chi connectivity index (χ3v) is 1.24. The van der Waals surface area contributed by atoms with Gasteiger partial charge in [-0.15, -0.1) is 0 Å². The summed E-state index contributed by atoms with van der Waals surface area (Å²) in [4.78, 5) is 0. The molecular formula is C5H4BF3O3. The largest absolute Gasteiger partial charge is 0.527 e. The predicted molar refractivity (Wildman–Crippen MR) is 33.5 cm³/mol. The molecule has 0 spiro atoms. The van der Waals surface area contributed by atoms with Crippen molar-refractivity contribution in [3.05, 3.63) is 17.9 Å². The molecule has 0 fully saturated rings. The van der Waals surface area contributed by atoms with Crippen molar-refractivity contribution >= 4 is 12.8 Å². The molecule has 12 heavy (non-hydrogen) atoms. The van der Waals surface area contributed by atoms with Gasteiger partial charge < -0.3 is 14.5 Å². The number of hydrogen-bond acceptors (Lipinski definition) is 3. The second-order valence-corrected chi connectivity index (χ2v) is 2.07. The van der Waals surface area contributed by atoms with Crippen LogP contribution in [-0.2, 0) is 6.18 Å². The number of hydrogen-bond donors (Lipinski definition) is 2. The fourth-order valence-corrected chi connectivity index (χ4v) is 0.755. The fourth-order valence-electron chi connectivity index (χ4n) is 0.755. The number of halogens is 3. The van der Waals surface area contributed by atoms with Crippen LogP contribution in [0.2, 0.25) is 0 Å². The Hall–Kier alpha value is -0.945. The Morgan fingerprint density at radius 3 is 2.25 bits per heavy atom. The predicted octanol–water partition coefficient (Wildman–Crippen LogP) is -0.0218. The smallest absolute Gasteiger partial charge is 0.472 e. The second kappa shape index (κ2) is 2.83. The minimum absolute atomic E-state index is 0.634. The van der Waals surface area contributed by atoms with Crippen molar-refractivity contribution in [1.29, 1.82) is 0 Å². The van der Waals surface area contributed by atoms with Crippen LogP contribution in [0.3, 0.4) is 0 Å². The summed E-state index contributed by atoms with van der Waals surface area (Å²) in [6.07, 6.45) is -3.87. The van der Waals surface area contributed by atoms with Crippen LogP contribution in [0.1, 0.15) is 5.56 Å². The van der Waals surface area contributed by atoms with Crippen molar-refractivity contribution in [2.45, 2.75) is 6.18 Å². The van der Waals surface area contributed by atoms with Crippen LogP contribution in [0, 0.1) is 0 Å². The zero-order chi connectivity index (χ0) is 9.35. The molecule has 0 unspecified atom stereocenters. The minimum atomic E-state index is -4.62. The molecule has 7 heteroatoms. The highest BCUT2D eigenvalue weighted by atomic mass is 19.4. The van der Waals surface area contributed by atoms with Gasteiger partial charge in [0.15, 0.2) is 0 Å². The van der Waals surface area contributed by atoms with Gasteiger partial charge in [-0.1, -0.05) is 0 Å². The molecule has 2 N–H and O–H groups in total. The molecule has 0 saturated carbocycles. The molecule has 0 amide bonds. The van der Waals surface area contributed by atoms with Gasteiger partial charge >= 0.3 is 13.3 Å². The standard InChI is InChI=1S/C5H4BF3O3/c7-5(8,9)3-1-2-12-4(3)6(10)11/h1-2,10-11H. The first-order valence-electron chi connectivity index (χ1n) is 2.93. The molecule has 0 atom stereocenters. The lowest BCUT2D eigenvalue weighted by atomic mass is 9.84. The summed E-state index contributed by atoms with van der Waals surface area (Å²) in [5.41, 5.74) is -2.06. The van der Waals surface area contributed by atoms with E-state index in [1.807, 2.05) is 0 Å². The van der Waals surface area contributed by atoms with Crippen molar-refractivity contribution in [1.82, 2.24) is 0 Å². The summed E-state index contributed by atoms with van der Waals surface area (Å²) in [5.74, 6) is 0. The average molecular weight is 180 g/mol. The van der Waals surface area contributed by atoms with Crippen LogP contribution >= 0.6 is 0 Å². The lowest BCUT2D eigenvalue weighted by Gasteiger charge is -2.04. The number of alkyl halides is 3. The molecule has 1 rings (SSSR count). The average Bonchev–Trinajstić information content (AvgIpc) is 2.30. The Bertz CT molecular complexity index is 267. The zero-order valence-corrected chi connectivity index (χ0v) is 5.67. The first-order chi connectivity index (χ1) is 5.43. The van der Waals surface area contributed by atoms with E-state index in [9.17, 15) is 13.2 Å². The zero-order valence-electron chi connectivity index (χ0n) is 5.67. The van der Waals surface area contributed by atoms with E-state index in [1.54, 1.807) is 0 Å². The summed E-state index contributed by atoms with van der Waals surface area (Å²) in [6.45, 7) is 0. The van der Waals surface area contributed by atoms with Gasteiger partial charge in [0.25, 0.3) is 0 Å². The molecule has 1 heterocycles. The van der Waals surface area contributed by atoms with E-state index in [1.165, 1.54) is 0 Å². The number of rotatable bonds is 1. The first-order valence-corrected chi connectivity index (χ1v) is 2.93. The molecular weight excluding hydrogens is 176 g/mol. The van der Waals surface area contributed by atoms with Gasteiger partial charge in [0, 0.05) is 0 Å². The third kappa shape index (κ3) is 1.62. The topological polar surface area (TPSA) is 53.6 Å². The molecule has 0 saturated heterocycles. The van der Waals surface area contributed by atoms with Crippen molar-refractivity contribution < 1.29 is 27.6 Å². The van der Waals surface area contributed by atoms with Crippen LogP contribution in [0.5, 0.6) is 0 Å². The van der Waals surface area contributed by atoms with Crippen LogP contribution in [0.15, 0.2) is 16.7 Å². The number of furan rings is 1. The van der Waals surface area contributed by atoms with Crippen molar-refractivity contribution in [2.24, 2.45) is 0 Å². The first kappa shape index (κ1) is 9.15. The Labute approximate surface area is 65.6 Å². The maximum Gasteiger partial charge on any atom is 0.527 e. The molecule has 0 aliphatic heterocycles. The quantitative estimate of drug-likeness (QED) is 0.597. The molecule has 1 aromatic heterocycles. The normalized spacial score (nSPS) is 11.8. The molecule has 1 aromatic rings. The molecule has 0 aromatic carbocycles. The lowest BCUT2D eigenvalue weighted by Crippen LogP contribution is -2.34. The molecule has 0 aliphatic rings. The van der Waals surface area contributed by atoms with Crippen LogP contribution in [-0.4, -0.2) is 17.2 Å². The van der Waals surface area contributed by atoms with Gasteiger partial charge in [0.05, 0.1) is 11.8 Å². The molecule has 0 radical (unpaired) electrons. The summed E-state index contributed by atoms with van der Waals surface area (Å²) < 4.78 is 40.1. The fraction of sp³-hybridized carbons (Fsp3) is 0.200. The van der Waals surface area contributed by atoms with E-state index in [0.717, 1.165) is 6.26 Å². The van der Waals surface area contributed by atoms with Gasteiger partial charge in [-0.3, -0.25) is 0 Å². The van der Waals surface area contributed by atoms with Gasteiger partial charge in [0.1, 0.15) is 5.66 Å². The van der Waals surface area contributed by atoms with E-state index in [0.29, 0.717) is 6.07 Å². The van der Waals surface area contributed by atoms with Crippen molar-refractivity contribution in [3.63, 3.8) is 0 Å². The Morgan fingerprint density at radius 1 is 1.33 bits per heavy atom. The molecule has 0 bridgehead atoms. The van der Waals surface area contributed by atoms with Gasteiger partial charge in [-0.25, -0.2) is 0 Å². The summed E-state index contributed by atoms with van der Waals surface area (Å²) in [7, 11) is -2.24. The van der Waals surface area contributed by atoms with E-state index in [2.05, 4.69) is 4.42 Å². The van der Waals surface area contributed by atoms with E-state index in [4.69, 9.17) is 10.0 Å². The van der Waals surface area contributed by atoms with Crippen LogP contribution < -0.4 is 5.66 Å². The highest BCUT2D eigenvalue weighted by Crippen LogP contribution is 2.28. The minimum Gasteiger partial charge on any atom is -0.472 e. The van der Waals surface area contributed by atoms with Gasteiger partial charge in [0.2, 0.25) is 0 Å². The van der Waals surface area contributed by atoms with Crippen molar-refractivity contribution in [3.8, 4) is 0 Å².